The molecule has 1 aromatic heterocycles. The van der Waals surface area contributed by atoms with E-state index in [2.05, 4.69) is 15.3 Å². The van der Waals surface area contributed by atoms with Crippen LogP contribution in [0.3, 0.4) is 0 Å². The largest absolute Gasteiger partial charge is 0.326 e. The third-order valence-corrected chi connectivity index (χ3v) is 4.27. The molecule has 0 aliphatic carbocycles. The van der Waals surface area contributed by atoms with Crippen LogP contribution in [-0.2, 0) is 11.2 Å². The minimum atomic E-state index is -0.139. The lowest BCUT2D eigenvalue weighted by atomic mass is 10.1. The zero-order valence-corrected chi connectivity index (χ0v) is 14.4. The fraction of sp³-hybridized carbons (Fsp3) is 0.250. The summed E-state index contributed by atoms with van der Waals surface area (Å²) in [5, 5.41) is 3.49. The van der Waals surface area contributed by atoms with Crippen LogP contribution in [0.2, 0.25) is 0 Å². The lowest BCUT2D eigenvalue weighted by Crippen LogP contribution is -2.14. The summed E-state index contributed by atoms with van der Waals surface area (Å²) in [6, 6.07) is 13.1. The van der Waals surface area contributed by atoms with Gasteiger partial charge in [0.05, 0.1) is 10.9 Å². The molecule has 3 aromatic rings. The van der Waals surface area contributed by atoms with Crippen molar-refractivity contribution in [3.63, 3.8) is 0 Å². The van der Waals surface area contributed by atoms with Crippen LogP contribution in [-0.4, -0.2) is 15.9 Å². The van der Waals surface area contributed by atoms with Crippen LogP contribution >= 0.6 is 0 Å². The van der Waals surface area contributed by atoms with E-state index in [-0.39, 0.29) is 11.5 Å². The van der Waals surface area contributed by atoms with Crippen molar-refractivity contribution < 1.29 is 4.79 Å². The molecule has 0 unspecified atom stereocenters. The summed E-state index contributed by atoms with van der Waals surface area (Å²) in [6.45, 7) is 4.06. The van der Waals surface area contributed by atoms with Crippen molar-refractivity contribution in [3.8, 4) is 0 Å². The molecule has 0 fully saturated rings. The van der Waals surface area contributed by atoms with E-state index in [0.717, 1.165) is 11.3 Å². The Kier molecular flexibility index (Phi) is 4.93. The highest BCUT2D eigenvalue weighted by Crippen LogP contribution is 2.15. The number of nitrogens with one attached hydrogen (secondary N) is 2. The summed E-state index contributed by atoms with van der Waals surface area (Å²) in [5.74, 6) is 0.578. The van der Waals surface area contributed by atoms with Crippen LogP contribution < -0.4 is 10.9 Å². The molecular weight excluding hydrogens is 314 g/mol. The van der Waals surface area contributed by atoms with Crippen LogP contribution in [0.15, 0.2) is 47.3 Å². The van der Waals surface area contributed by atoms with Crippen molar-refractivity contribution in [2.75, 3.05) is 5.32 Å². The van der Waals surface area contributed by atoms with E-state index in [1.165, 1.54) is 5.56 Å². The van der Waals surface area contributed by atoms with E-state index in [1.54, 1.807) is 6.07 Å². The van der Waals surface area contributed by atoms with E-state index in [0.29, 0.717) is 36.0 Å². The van der Waals surface area contributed by atoms with Gasteiger partial charge in [-0.3, -0.25) is 9.59 Å². The maximum Gasteiger partial charge on any atom is 0.258 e. The van der Waals surface area contributed by atoms with Gasteiger partial charge >= 0.3 is 0 Å². The predicted octanol–water partition coefficient (Wildman–Crippen LogP) is 3.50. The predicted molar refractivity (Wildman–Crippen MR) is 99.8 cm³/mol. The number of aromatic nitrogens is 2. The first-order valence-electron chi connectivity index (χ1n) is 8.38. The molecule has 3 rings (SSSR count). The van der Waals surface area contributed by atoms with Crippen LogP contribution in [0.5, 0.6) is 0 Å². The highest BCUT2D eigenvalue weighted by atomic mass is 16.1. The van der Waals surface area contributed by atoms with E-state index in [4.69, 9.17) is 0 Å². The zero-order valence-electron chi connectivity index (χ0n) is 14.4. The molecule has 0 aliphatic rings. The fourth-order valence-corrected chi connectivity index (χ4v) is 2.71. The number of aryl methyl sites for hydroxylation is 3. The minimum absolute atomic E-state index is 0.0358. The monoisotopic (exact) mass is 335 g/mol. The number of H-pyrrole nitrogens is 1. The molecule has 5 heteroatoms. The molecule has 0 bridgehead atoms. The van der Waals surface area contributed by atoms with E-state index >= 15 is 0 Å². The summed E-state index contributed by atoms with van der Waals surface area (Å²) in [5.41, 5.74) is 3.70. The molecule has 1 amide bonds. The van der Waals surface area contributed by atoms with Gasteiger partial charge in [-0.1, -0.05) is 18.2 Å². The maximum atomic E-state index is 12.1. The minimum Gasteiger partial charge on any atom is -0.326 e. The van der Waals surface area contributed by atoms with E-state index in [9.17, 15) is 9.59 Å². The molecule has 0 saturated carbocycles. The molecule has 0 aliphatic heterocycles. The Labute approximate surface area is 146 Å². The Balaban J connectivity index is 1.58. The number of carbonyl (C=O) groups is 1. The molecule has 2 N–H and O–H groups in total. The Morgan fingerprint density at radius 2 is 1.92 bits per heavy atom. The summed E-state index contributed by atoms with van der Waals surface area (Å²) in [7, 11) is 0. The number of carbonyl (C=O) groups excluding carboxylic acids is 1. The van der Waals surface area contributed by atoms with Gasteiger partial charge in [0.2, 0.25) is 5.91 Å². The van der Waals surface area contributed by atoms with Crippen LogP contribution in [0.1, 0.15) is 29.8 Å². The van der Waals surface area contributed by atoms with Gasteiger partial charge in [0.1, 0.15) is 5.82 Å². The highest BCUT2D eigenvalue weighted by Gasteiger charge is 2.06. The third-order valence-electron chi connectivity index (χ3n) is 4.27. The number of benzene rings is 2. The quantitative estimate of drug-likeness (QED) is 0.749. The SMILES string of the molecule is Cc1ccc(NC(=O)CCCc2nc3ccccc3c(=O)[nH]2)cc1C. The van der Waals surface area contributed by atoms with Gasteiger partial charge in [0, 0.05) is 18.5 Å². The van der Waals surface area contributed by atoms with Crippen LogP contribution in [0, 0.1) is 13.8 Å². The molecule has 0 spiro atoms. The summed E-state index contributed by atoms with van der Waals surface area (Å²) < 4.78 is 0. The summed E-state index contributed by atoms with van der Waals surface area (Å²) >= 11 is 0. The zero-order chi connectivity index (χ0) is 17.8. The van der Waals surface area contributed by atoms with E-state index < -0.39 is 0 Å². The van der Waals surface area contributed by atoms with Crippen molar-refractivity contribution in [1.82, 2.24) is 9.97 Å². The molecule has 25 heavy (non-hydrogen) atoms. The Morgan fingerprint density at radius 1 is 1.12 bits per heavy atom. The third kappa shape index (κ3) is 4.12. The Morgan fingerprint density at radius 3 is 2.72 bits per heavy atom. The standard InChI is InChI=1S/C20H21N3O2/c1-13-10-11-15(12-14(13)2)21-19(24)9-5-8-18-22-17-7-4-3-6-16(17)20(25)23-18/h3-4,6-7,10-12H,5,8-9H2,1-2H3,(H,21,24)(H,22,23,25). The highest BCUT2D eigenvalue weighted by molar-refractivity contribution is 5.90. The second-order valence-corrected chi connectivity index (χ2v) is 6.23. The Bertz CT molecular complexity index is 976. The van der Waals surface area contributed by atoms with Crippen molar-refractivity contribution in [2.24, 2.45) is 0 Å². The van der Waals surface area contributed by atoms with Crippen LogP contribution in [0.4, 0.5) is 5.69 Å². The molecule has 2 aromatic carbocycles. The number of fused-ring (bicyclic) bond motifs is 1. The maximum absolute atomic E-state index is 12.1. The number of amides is 1. The van der Waals surface area contributed by atoms with Crippen LogP contribution in [0.25, 0.3) is 10.9 Å². The van der Waals surface area contributed by atoms with Gasteiger partial charge in [-0.05, 0) is 55.7 Å². The van der Waals surface area contributed by atoms with Gasteiger partial charge < -0.3 is 10.3 Å². The number of aromatic amines is 1. The number of hydrogen-bond acceptors (Lipinski definition) is 3. The smallest absolute Gasteiger partial charge is 0.258 e. The second kappa shape index (κ2) is 7.30. The molecule has 0 saturated heterocycles. The topological polar surface area (TPSA) is 74.8 Å². The molecule has 1 heterocycles. The fourth-order valence-electron chi connectivity index (χ4n) is 2.71. The summed E-state index contributed by atoms with van der Waals surface area (Å²) in [6.07, 6.45) is 1.56. The summed E-state index contributed by atoms with van der Waals surface area (Å²) in [4.78, 5) is 31.3. The van der Waals surface area contributed by atoms with Crippen molar-refractivity contribution in [2.45, 2.75) is 33.1 Å². The number of hydrogen-bond donors (Lipinski definition) is 2. The molecule has 128 valence electrons. The average Bonchev–Trinajstić information content (AvgIpc) is 2.58. The van der Waals surface area contributed by atoms with Crippen molar-refractivity contribution >= 4 is 22.5 Å². The van der Waals surface area contributed by atoms with Crippen molar-refractivity contribution in [1.29, 1.82) is 0 Å². The average molecular weight is 335 g/mol. The number of anilines is 1. The molecular formula is C20H21N3O2. The van der Waals surface area contributed by atoms with Gasteiger partial charge in [-0.2, -0.15) is 0 Å². The van der Waals surface area contributed by atoms with Gasteiger partial charge in [0.25, 0.3) is 5.56 Å². The second-order valence-electron chi connectivity index (χ2n) is 6.23. The number of rotatable bonds is 5. The lowest BCUT2D eigenvalue weighted by Gasteiger charge is -2.08. The first-order valence-corrected chi connectivity index (χ1v) is 8.38. The van der Waals surface area contributed by atoms with Gasteiger partial charge in [-0.15, -0.1) is 0 Å². The molecule has 0 atom stereocenters. The lowest BCUT2D eigenvalue weighted by molar-refractivity contribution is -0.116. The number of nitrogens with zero attached hydrogens (tertiary/aromatic N) is 1. The molecule has 0 radical (unpaired) electrons. The van der Waals surface area contributed by atoms with Crippen molar-refractivity contribution in [3.05, 3.63) is 69.8 Å². The number of para-hydroxylation sites is 1. The first-order chi connectivity index (χ1) is 12.0. The van der Waals surface area contributed by atoms with Gasteiger partial charge in [-0.25, -0.2) is 4.98 Å². The Hall–Kier alpha value is -2.95. The first kappa shape index (κ1) is 16.9. The van der Waals surface area contributed by atoms with Gasteiger partial charge in [0.15, 0.2) is 0 Å². The normalized spacial score (nSPS) is 10.8. The molecule has 5 nitrogen and oxygen atoms in total. The van der Waals surface area contributed by atoms with E-state index in [1.807, 2.05) is 50.2 Å².